The lowest BCUT2D eigenvalue weighted by Crippen LogP contribution is -2.26. The maximum absolute atomic E-state index is 11.6. The van der Waals surface area contributed by atoms with Gasteiger partial charge in [0.1, 0.15) is 5.76 Å². The van der Waals surface area contributed by atoms with Gasteiger partial charge in [-0.25, -0.2) is 13.4 Å². The van der Waals surface area contributed by atoms with Gasteiger partial charge in [-0.3, -0.25) is 9.69 Å². The van der Waals surface area contributed by atoms with Gasteiger partial charge in [-0.15, -0.1) is 0 Å². The molecule has 2 N–H and O–H groups in total. The molecule has 0 aliphatic carbocycles. The van der Waals surface area contributed by atoms with E-state index in [0.29, 0.717) is 17.3 Å². The second-order valence-corrected chi connectivity index (χ2v) is 10.5. The summed E-state index contributed by atoms with van der Waals surface area (Å²) in [6.45, 7) is 6.62. The maximum atomic E-state index is 11.6. The van der Waals surface area contributed by atoms with Crippen LogP contribution in [0, 0.1) is 6.92 Å². The minimum absolute atomic E-state index is 0.0901. The predicted molar refractivity (Wildman–Crippen MR) is 129 cm³/mol. The number of carbonyl (C=O) groups is 1. The molecule has 0 bridgehead atoms. The molecule has 34 heavy (non-hydrogen) atoms. The van der Waals surface area contributed by atoms with Crippen molar-refractivity contribution < 1.29 is 27.8 Å². The number of aromatic nitrogens is 1. The number of likely N-dealkylation sites (tertiary alicyclic amines) is 1. The molecule has 1 aromatic heterocycles. The lowest BCUT2D eigenvalue weighted by molar-refractivity contribution is -0.134. The number of β-amino-alcohol motifs (C(OH)–C–C–N with tert-alkyl or cyclic N) is 1. The smallest absolute Gasteiger partial charge is 0.300 e. The Labute approximate surface area is 199 Å². The number of aliphatic hydroxyl groups is 1. The highest BCUT2D eigenvalue weighted by molar-refractivity contribution is 7.90. The van der Waals surface area contributed by atoms with Crippen molar-refractivity contribution in [2.45, 2.75) is 44.2 Å². The number of rotatable bonds is 5. The first-order valence-corrected chi connectivity index (χ1v) is 12.8. The van der Waals surface area contributed by atoms with Crippen LogP contribution in [0.4, 0.5) is 0 Å². The minimum atomic E-state index is -3.20. The molecule has 1 aliphatic heterocycles. The fourth-order valence-electron chi connectivity index (χ4n) is 3.91. The highest BCUT2D eigenvalue weighted by Crippen LogP contribution is 2.31. The first-order valence-electron chi connectivity index (χ1n) is 11.0. The molecule has 0 radical (unpaired) electrons. The molecule has 2 heterocycles. The van der Waals surface area contributed by atoms with Crippen LogP contribution in [-0.2, 0) is 14.6 Å². The highest BCUT2D eigenvalue weighted by atomic mass is 32.2. The van der Waals surface area contributed by atoms with Crippen LogP contribution >= 0.6 is 0 Å². The van der Waals surface area contributed by atoms with E-state index in [1.807, 2.05) is 43.3 Å². The molecule has 3 aromatic rings. The van der Waals surface area contributed by atoms with E-state index >= 15 is 0 Å². The minimum Gasteiger partial charge on any atom is -0.481 e. The lowest BCUT2D eigenvalue weighted by atomic mass is 10.0. The second-order valence-electron chi connectivity index (χ2n) is 8.47. The van der Waals surface area contributed by atoms with E-state index in [1.54, 1.807) is 12.1 Å². The summed E-state index contributed by atoms with van der Waals surface area (Å²) in [6, 6.07) is 14.8. The van der Waals surface area contributed by atoms with Gasteiger partial charge in [-0.2, -0.15) is 0 Å². The number of hydrogen-bond donors (Lipinski definition) is 2. The number of aryl methyl sites for hydroxylation is 1. The summed E-state index contributed by atoms with van der Waals surface area (Å²) in [5.74, 6) is 0.535. The topological polar surface area (TPSA) is 121 Å². The van der Waals surface area contributed by atoms with Gasteiger partial charge in [-0.1, -0.05) is 24.3 Å². The molecular weight excluding hydrogens is 456 g/mol. The lowest BCUT2D eigenvalue weighted by Gasteiger charge is -2.22. The molecule has 9 heteroatoms. The van der Waals surface area contributed by atoms with E-state index in [-0.39, 0.29) is 12.1 Å². The Morgan fingerprint density at radius 3 is 2.06 bits per heavy atom. The average molecular weight is 487 g/mol. The molecule has 2 aromatic carbocycles. The van der Waals surface area contributed by atoms with Gasteiger partial charge in [0.25, 0.3) is 5.97 Å². The number of aliphatic hydroxyl groups excluding tert-OH is 1. The van der Waals surface area contributed by atoms with E-state index in [9.17, 15) is 13.5 Å². The van der Waals surface area contributed by atoms with Gasteiger partial charge in [0.2, 0.25) is 5.89 Å². The normalized spacial score (nSPS) is 17.1. The summed E-state index contributed by atoms with van der Waals surface area (Å²) in [5.41, 5.74) is 3.72. The van der Waals surface area contributed by atoms with Crippen LogP contribution in [0.25, 0.3) is 22.6 Å². The molecule has 0 saturated carbocycles. The number of hydrogen-bond acceptors (Lipinski definition) is 7. The van der Waals surface area contributed by atoms with Crippen LogP contribution in [0.2, 0.25) is 0 Å². The molecule has 2 atom stereocenters. The molecule has 182 valence electrons. The molecule has 8 nitrogen and oxygen atoms in total. The van der Waals surface area contributed by atoms with E-state index < -0.39 is 15.8 Å². The third kappa shape index (κ3) is 6.31. The first-order chi connectivity index (χ1) is 16.0. The fraction of sp³-hybridized carbons (Fsp3) is 0.360. The van der Waals surface area contributed by atoms with Crippen molar-refractivity contribution in [3.8, 4) is 22.6 Å². The largest absolute Gasteiger partial charge is 0.481 e. The van der Waals surface area contributed by atoms with Gasteiger partial charge < -0.3 is 14.6 Å². The Bertz CT molecular complexity index is 1230. The Morgan fingerprint density at radius 1 is 1.09 bits per heavy atom. The van der Waals surface area contributed by atoms with Crippen LogP contribution in [-0.4, -0.2) is 59.9 Å². The van der Waals surface area contributed by atoms with Crippen LogP contribution < -0.4 is 0 Å². The molecule has 1 saturated heterocycles. The van der Waals surface area contributed by atoms with Gasteiger partial charge >= 0.3 is 0 Å². The van der Waals surface area contributed by atoms with Crippen molar-refractivity contribution in [2.75, 3.05) is 19.3 Å². The van der Waals surface area contributed by atoms with Crippen molar-refractivity contribution >= 4 is 15.8 Å². The number of carboxylic acid groups (broad SMARTS) is 1. The molecule has 0 amide bonds. The first kappa shape index (κ1) is 25.6. The molecular formula is C25H30N2O6S. The molecule has 4 rings (SSSR count). The van der Waals surface area contributed by atoms with Gasteiger partial charge in [0, 0.05) is 31.8 Å². The van der Waals surface area contributed by atoms with Crippen molar-refractivity contribution in [1.29, 1.82) is 0 Å². The van der Waals surface area contributed by atoms with E-state index in [0.717, 1.165) is 48.0 Å². The molecule has 1 fully saturated rings. The summed E-state index contributed by atoms with van der Waals surface area (Å²) in [4.78, 5) is 16.3. The monoisotopic (exact) mass is 486 g/mol. The van der Waals surface area contributed by atoms with Crippen LogP contribution in [0.5, 0.6) is 0 Å². The third-order valence-electron chi connectivity index (χ3n) is 5.72. The summed E-state index contributed by atoms with van der Waals surface area (Å²) in [5, 5.41) is 17.2. The van der Waals surface area contributed by atoms with E-state index in [1.165, 1.54) is 6.26 Å². The summed E-state index contributed by atoms with van der Waals surface area (Å²) in [6.07, 6.45) is 1.73. The van der Waals surface area contributed by atoms with Crippen molar-refractivity contribution in [3.63, 3.8) is 0 Å². The molecule has 1 unspecified atom stereocenters. The van der Waals surface area contributed by atoms with Gasteiger partial charge in [0.05, 0.1) is 22.7 Å². The number of benzene rings is 2. The van der Waals surface area contributed by atoms with E-state index in [4.69, 9.17) is 19.3 Å². The van der Waals surface area contributed by atoms with E-state index in [2.05, 4.69) is 11.8 Å². The molecule has 0 spiro atoms. The zero-order valence-electron chi connectivity index (χ0n) is 19.7. The highest BCUT2D eigenvalue weighted by Gasteiger charge is 2.28. The average Bonchev–Trinajstić information content (AvgIpc) is 3.38. The SMILES string of the molecule is CC(=O)O.Cc1oc(-c2ccc(-c3ccc(S(C)(=O)=O)cc3)cc2)nc1C(C)N1CC[C@@H](O)C1. The van der Waals surface area contributed by atoms with Crippen LogP contribution in [0.3, 0.4) is 0 Å². The standard InChI is InChI=1S/C23H26N2O4S.C2H4O2/c1-15(25-13-12-20(26)14-25)22-16(2)29-23(24-22)19-6-4-17(5-7-19)18-8-10-21(11-9-18)30(3,27)28;1-2(3)4/h4-11,15,20,26H,12-14H2,1-3H3;1H3,(H,3,4)/t15?,20-;/m1./s1. The Kier molecular flexibility index (Phi) is 7.91. The molecule has 1 aliphatic rings. The van der Waals surface area contributed by atoms with Gasteiger partial charge in [-0.05, 0) is 55.7 Å². The summed E-state index contributed by atoms with van der Waals surface area (Å²) in [7, 11) is -3.20. The Hall–Kier alpha value is -3.01. The Balaban J connectivity index is 0.000000751. The number of carboxylic acids is 1. The quantitative estimate of drug-likeness (QED) is 0.556. The Morgan fingerprint density at radius 2 is 1.59 bits per heavy atom. The van der Waals surface area contributed by atoms with Crippen LogP contribution in [0.15, 0.2) is 57.8 Å². The predicted octanol–water partition coefficient (Wildman–Crippen LogP) is 3.94. The van der Waals surface area contributed by atoms with Crippen molar-refractivity contribution in [2.24, 2.45) is 0 Å². The zero-order chi connectivity index (χ0) is 25.0. The maximum Gasteiger partial charge on any atom is 0.300 e. The number of nitrogens with zero attached hydrogens (tertiary/aromatic N) is 2. The third-order valence-corrected chi connectivity index (χ3v) is 6.85. The van der Waals surface area contributed by atoms with Crippen molar-refractivity contribution in [1.82, 2.24) is 9.88 Å². The number of oxazole rings is 1. The second kappa shape index (κ2) is 10.5. The zero-order valence-corrected chi connectivity index (χ0v) is 20.5. The van der Waals surface area contributed by atoms with Crippen LogP contribution in [0.1, 0.15) is 37.8 Å². The summed E-state index contributed by atoms with van der Waals surface area (Å²) < 4.78 is 29.2. The van der Waals surface area contributed by atoms with Crippen molar-refractivity contribution in [3.05, 3.63) is 60.0 Å². The fourth-order valence-corrected chi connectivity index (χ4v) is 4.54. The number of sulfone groups is 1. The summed E-state index contributed by atoms with van der Waals surface area (Å²) >= 11 is 0. The van der Waals surface area contributed by atoms with Gasteiger partial charge in [0.15, 0.2) is 9.84 Å². The number of aliphatic carboxylic acids is 1.